The maximum absolute atomic E-state index is 15.0. The zero-order valence-electron chi connectivity index (χ0n) is 21.8. The van der Waals surface area contributed by atoms with E-state index in [1.54, 1.807) is 19.2 Å². The highest BCUT2D eigenvalue weighted by Gasteiger charge is 2.58. The number of nitrogens with zero attached hydrogens (tertiary/aromatic N) is 4. The zero-order chi connectivity index (χ0) is 25.7. The van der Waals surface area contributed by atoms with Crippen molar-refractivity contribution < 1.29 is 13.9 Å². The zero-order valence-corrected chi connectivity index (χ0v) is 21.8. The quantitative estimate of drug-likeness (QED) is 0.518. The summed E-state index contributed by atoms with van der Waals surface area (Å²) in [6.07, 6.45) is 6.36. The van der Waals surface area contributed by atoms with Crippen molar-refractivity contribution in [3.8, 4) is 5.75 Å². The molecule has 3 aromatic rings. The summed E-state index contributed by atoms with van der Waals surface area (Å²) in [4.78, 5) is 26.9. The first kappa shape index (κ1) is 24.1. The molecular weight excluding hydrogens is 469 g/mol. The largest absolute Gasteiger partial charge is 0.494 e. The topological polar surface area (TPSA) is 70.6 Å². The molecule has 3 heterocycles. The molecule has 1 aromatic heterocycles. The summed E-state index contributed by atoms with van der Waals surface area (Å²) >= 11 is 0. The Labute approximate surface area is 217 Å². The molecule has 7 nitrogen and oxygen atoms in total. The third-order valence-electron chi connectivity index (χ3n) is 8.92. The van der Waals surface area contributed by atoms with Crippen LogP contribution >= 0.6 is 0 Å². The van der Waals surface area contributed by atoms with Crippen LogP contribution in [0.5, 0.6) is 5.75 Å². The number of amides is 1. The van der Waals surface area contributed by atoms with Crippen LogP contribution in [0.15, 0.2) is 36.7 Å². The van der Waals surface area contributed by atoms with E-state index in [1.165, 1.54) is 6.33 Å². The van der Waals surface area contributed by atoms with E-state index in [4.69, 9.17) is 4.74 Å². The SMILES string of the molecule is CCc1cccc(Nc2ncnc3cc(OC)c(N4CCC5(CCN(C)CC5)C5CC5C4=O)cc23)c1F. The third kappa shape index (κ3) is 4.11. The Bertz CT molecular complexity index is 1350. The molecule has 2 atom stereocenters. The number of aromatic nitrogens is 2. The third-order valence-corrected chi connectivity index (χ3v) is 8.92. The van der Waals surface area contributed by atoms with Gasteiger partial charge in [-0.25, -0.2) is 14.4 Å². The van der Waals surface area contributed by atoms with Gasteiger partial charge >= 0.3 is 0 Å². The lowest BCUT2D eigenvalue weighted by Crippen LogP contribution is -2.40. The van der Waals surface area contributed by atoms with Crippen LogP contribution in [0.2, 0.25) is 0 Å². The van der Waals surface area contributed by atoms with Crippen molar-refractivity contribution in [2.45, 2.75) is 39.0 Å². The molecule has 1 amide bonds. The first-order valence-corrected chi connectivity index (χ1v) is 13.3. The van der Waals surface area contributed by atoms with Crippen molar-refractivity contribution in [2.75, 3.05) is 44.0 Å². The number of carbonyl (C=O) groups is 1. The van der Waals surface area contributed by atoms with E-state index < -0.39 is 0 Å². The van der Waals surface area contributed by atoms with Gasteiger partial charge in [0.05, 0.1) is 24.0 Å². The van der Waals surface area contributed by atoms with Gasteiger partial charge in [0.15, 0.2) is 0 Å². The van der Waals surface area contributed by atoms with Crippen LogP contribution in [-0.2, 0) is 11.2 Å². The number of fused-ring (bicyclic) bond motifs is 3. The summed E-state index contributed by atoms with van der Waals surface area (Å²) in [6, 6.07) is 9.11. The van der Waals surface area contributed by atoms with E-state index in [-0.39, 0.29) is 23.1 Å². The number of ether oxygens (including phenoxy) is 1. The molecule has 0 bridgehead atoms. The average molecular weight is 504 g/mol. The van der Waals surface area contributed by atoms with Gasteiger partial charge in [-0.1, -0.05) is 19.1 Å². The van der Waals surface area contributed by atoms with Gasteiger partial charge < -0.3 is 19.9 Å². The Kier molecular flexibility index (Phi) is 6.02. The second-order valence-electron chi connectivity index (χ2n) is 10.9. The fraction of sp³-hybridized carbons (Fsp3) is 0.483. The highest BCUT2D eigenvalue weighted by Crippen LogP contribution is 2.60. The lowest BCUT2D eigenvalue weighted by atomic mass is 9.71. The number of anilines is 3. The predicted molar refractivity (Wildman–Crippen MR) is 143 cm³/mol. The number of aryl methyl sites for hydroxylation is 1. The molecule has 0 radical (unpaired) electrons. The van der Waals surface area contributed by atoms with Crippen LogP contribution in [0.1, 0.15) is 38.2 Å². The fourth-order valence-electron chi connectivity index (χ4n) is 6.52. The average Bonchev–Trinajstić information content (AvgIpc) is 3.73. The number of benzene rings is 2. The van der Waals surface area contributed by atoms with E-state index in [0.29, 0.717) is 47.2 Å². The second-order valence-corrected chi connectivity index (χ2v) is 10.9. The Balaban J connectivity index is 1.38. The molecule has 1 aliphatic carbocycles. The number of carbonyl (C=O) groups excluding carboxylic acids is 1. The monoisotopic (exact) mass is 503 g/mol. The van der Waals surface area contributed by atoms with Gasteiger partial charge in [0.1, 0.15) is 23.7 Å². The molecule has 2 unspecified atom stereocenters. The van der Waals surface area contributed by atoms with Crippen molar-refractivity contribution in [1.29, 1.82) is 0 Å². The molecule has 2 saturated heterocycles. The number of likely N-dealkylation sites (tertiary alicyclic amines) is 1. The van der Waals surface area contributed by atoms with Crippen LogP contribution in [-0.4, -0.2) is 54.6 Å². The molecule has 194 valence electrons. The summed E-state index contributed by atoms with van der Waals surface area (Å²) in [5.41, 5.74) is 2.67. The summed E-state index contributed by atoms with van der Waals surface area (Å²) in [7, 11) is 3.81. The minimum Gasteiger partial charge on any atom is -0.494 e. The number of halogens is 1. The summed E-state index contributed by atoms with van der Waals surface area (Å²) < 4.78 is 20.8. The molecule has 3 aliphatic rings. The normalized spacial score (nSPS) is 23.1. The summed E-state index contributed by atoms with van der Waals surface area (Å²) in [5.74, 6) is 1.59. The number of hydrogen-bond donors (Lipinski definition) is 1. The van der Waals surface area contributed by atoms with Gasteiger partial charge in [-0.3, -0.25) is 4.79 Å². The summed E-state index contributed by atoms with van der Waals surface area (Å²) in [6.45, 7) is 4.79. The smallest absolute Gasteiger partial charge is 0.230 e. The number of nitrogens with one attached hydrogen (secondary N) is 1. The lowest BCUT2D eigenvalue weighted by Gasteiger charge is -2.41. The van der Waals surface area contributed by atoms with Gasteiger partial charge in [0.25, 0.3) is 0 Å². The highest BCUT2D eigenvalue weighted by molar-refractivity contribution is 6.03. The maximum Gasteiger partial charge on any atom is 0.230 e. The molecule has 37 heavy (non-hydrogen) atoms. The van der Waals surface area contributed by atoms with Gasteiger partial charge in [-0.15, -0.1) is 0 Å². The van der Waals surface area contributed by atoms with Crippen LogP contribution in [0, 0.1) is 23.1 Å². The number of hydrogen-bond acceptors (Lipinski definition) is 6. The van der Waals surface area contributed by atoms with Crippen molar-refractivity contribution in [1.82, 2.24) is 14.9 Å². The van der Waals surface area contributed by atoms with E-state index >= 15 is 4.39 Å². The van der Waals surface area contributed by atoms with Gasteiger partial charge in [0, 0.05) is 23.9 Å². The number of rotatable bonds is 5. The second kappa shape index (κ2) is 9.24. The molecule has 8 heteroatoms. The van der Waals surface area contributed by atoms with Gasteiger partial charge in [-0.2, -0.15) is 0 Å². The molecular formula is C29H34FN5O2. The molecule has 6 rings (SSSR count). The van der Waals surface area contributed by atoms with Crippen LogP contribution in [0.4, 0.5) is 21.6 Å². The molecule has 1 N–H and O–H groups in total. The van der Waals surface area contributed by atoms with Crippen LogP contribution < -0.4 is 15.0 Å². The minimum atomic E-state index is -0.281. The highest BCUT2D eigenvalue weighted by atomic mass is 19.1. The van der Waals surface area contributed by atoms with Gasteiger partial charge in [-0.05, 0) is 81.3 Å². The van der Waals surface area contributed by atoms with Gasteiger partial charge in [0.2, 0.25) is 5.91 Å². The molecule has 3 fully saturated rings. The number of methoxy groups -OCH3 is 1. The molecule has 2 aromatic carbocycles. The molecule has 1 saturated carbocycles. The van der Waals surface area contributed by atoms with Crippen molar-refractivity contribution in [2.24, 2.45) is 17.3 Å². The van der Waals surface area contributed by atoms with E-state index in [2.05, 4.69) is 27.2 Å². The standard InChI is InChI=1S/C29H34FN5O2/c1-4-18-6-5-7-22(26(18)30)33-27-20-15-24(25(37-3)16-23(20)31-17-32-27)35-13-10-29(8-11-34(2)12-9-29)21-14-19(21)28(35)36/h5-7,15-17,19,21H,4,8-14H2,1-3H3,(H,31,32,33). The fourth-order valence-corrected chi connectivity index (χ4v) is 6.52. The Morgan fingerprint density at radius 3 is 2.70 bits per heavy atom. The van der Waals surface area contributed by atoms with Crippen molar-refractivity contribution in [3.63, 3.8) is 0 Å². The van der Waals surface area contributed by atoms with Crippen LogP contribution in [0.3, 0.4) is 0 Å². The first-order valence-electron chi connectivity index (χ1n) is 13.3. The van der Waals surface area contributed by atoms with Crippen molar-refractivity contribution >= 4 is 34.0 Å². The Hall–Kier alpha value is -3.26. The first-order chi connectivity index (χ1) is 17.9. The van der Waals surface area contributed by atoms with Crippen molar-refractivity contribution in [3.05, 3.63) is 48.0 Å². The van der Waals surface area contributed by atoms with E-state index in [0.717, 1.165) is 49.8 Å². The molecule has 2 aliphatic heterocycles. The Morgan fingerprint density at radius 1 is 1.16 bits per heavy atom. The summed E-state index contributed by atoms with van der Waals surface area (Å²) in [5, 5.41) is 3.89. The van der Waals surface area contributed by atoms with E-state index in [1.807, 2.05) is 30.0 Å². The lowest BCUT2D eigenvalue weighted by molar-refractivity contribution is -0.120. The van der Waals surface area contributed by atoms with E-state index in [9.17, 15) is 4.79 Å². The minimum absolute atomic E-state index is 0.0850. The molecule has 1 spiro atoms. The predicted octanol–water partition coefficient (Wildman–Crippen LogP) is 5.17. The maximum atomic E-state index is 15.0. The Morgan fingerprint density at radius 2 is 1.95 bits per heavy atom. The number of piperidine rings is 1. The van der Waals surface area contributed by atoms with Crippen LogP contribution in [0.25, 0.3) is 10.9 Å².